The first kappa shape index (κ1) is 15.8. The zero-order valence-electron chi connectivity index (χ0n) is 13.7. The standard InChI is InChI=1S/C18H27N3/c1-5-11-21(14(3)4)18-16(13-19-6-2)12-15-9-7-8-10-17(15)20-18/h7-10,12,14,19H,5-6,11,13H2,1-4H3. The van der Waals surface area contributed by atoms with Crippen molar-refractivity contribution >= 4 is 16.7 Å². The number of hydrogen-bond donors (Lipinski definition) is 1. The molecule has 0 aliphatic heterocycles. The fourth-order valence-corrected chi connectivity index (χ4v) is 2.64. The van der Waals surface area contributed by atoms with Crippen molar-refractivity contribution in [1.82, 2.24) is 10.3 Å². The molecule has 0 saturated carbocycles. The lowest BCUT2D eigenvalue weighted by molar-refractivity contribution is 0.651. The molecule has 1 aromatic heterocycles. The largest absolute Gasteiger partial charge is 0.354 e. The lowest BCUT2D eigenvalue weighted by atomic mass is 10.1. The molecule has 0 bridgehead atoms. The highest BCUT2D eigenvalue weighted by molar-refractivity contribution is 5.81. The Balaban J connectivity index is 2.50. The average molecular weight is 285 g/mol. The molecular formula is C18H27N3. The predicted octanol–water partition coefficient (Wildman–Crippen LogP) is 3.97. The topological polar surface area (TPSA) is 28.2 Å². The summed E-state index contributed by atoms with van der Waals surface area (Å²) in [6, 6.07) is 11.1. The number of benzene rings is 1. The third-order valence-electron chi connectivity index (χ3n) is 3.71. The maximum absolute atomic E-state index is 4.95. The Labute approximate surface area is 128 Å². The van der Waals surface area contributed by atoms with Crippen LogP contribution in [0.4, 0.5) is 5.82 Å². The van der Waals surface area contributed by atoms with Crippen LogP contribution in [0.1, 0.15) is 39.7 Å². The van der Waals surface area contributed by atoms with Gasteiger partial charge in [-0.1, -0.05) is 32.0 Å². The zero-order chi connectivity index (χ0) is 15.2. The van der Waals surface area contributed by atoms with E-state index in [0.29, 0.717) is 6.04 Å². The van der Waals surface area contributed by atoms with Crippen molar-refractivity contribution in [2.24, 2.45) is 0 Å². The molecular weight excluding hydrogens is 258 g/mol. The van der Waals surface area contributed by atoms with E-state index in [1.165, 1.54) is 10.9 Å². The quantitative estimate of drug-likeness (QED) is 0.834. The summed E-state index contributed by atoms with van der Waals surface area (Å²) in [4.78, 5) is 7.37. The molecule has 0 aliphatic rings. The van der Waals surface area contributed by atoms with Gasteiger partial charge in [-0.2, -0.15) is 0 Å². The maximum Gasteiger partial charge on any atom is 0.134 e. The molecule has 1 aromatic carbocycles. The van der Waals surface area contributed by atoms with Crippen LogP contribution in [0.25, 0.3) is 10.9 Å². The molecule has 0 radical (unpaired) electrons. The van der Waals surface area contributed by atoms with Gasteiger partial charge in [-0.05, 0) is 38.9 Å². The summed E-state index contributed by atoms with van der Waals surface area (Å²) in [5.41, 5.74) is 2.37. The predicted molar refractivity (Wildman–Crippen MR) is 91.9 cm³/mol. The first-order chi connectivity index (χ1) is 10.2. The van der Waals surface area contributed by atoms with Crippen molar-refractivity contribution in [2.75, 3.05) is 18.0 Å². The summed E-state index contributed by atoms with van der Waals surface area (Å²) in [6.07, 6.45) is 1.13. The molecule has 0 aliphatic carbocycles. The Hall–Kier alpha value is -1.61. The van der Waals surface area contributed by atoms with Gasteiger partial charge in [-0.15, -0.1) is 0 Å². The normalized spacial score (nSPS) is 11.3. The van der Waals surface area contributed by atoms with Gasteiger partial charge in [0, 0.05) is 30.1 Å². The van der Waals surface area contributed by atoms with E-state index in [0.717, 1.165) is 37.4 Å². The average Bonchev–Trinajstić information content (AvgIpc) is 2.49. The van der Waals surface area contributed by atoms with E-state index in [-0.39, 0.29) is 0 Å². The Kier molecular flexibility index (Phi) is 5.57. The van der Waals surface area contributed by atoms with Crippen molar-refractivity contribution < 1.29 is 0 Å². The monoisotopic (exact) mass is 285 g/mol. The third-order valence-corrected chi connectivity index (χ3v) is 3.71. The second-order valence-electron chi connectivity index (χ2n) is 5.73. The lowest BCUT2D eigenvalue weighted by Crippen LogP contribution is -2.33. The number of aromatic nitrogens is 1. The van der Waals surface area contributed by atoms with E-state index in [1.54, 1.807) is 0 Å². The summed E-state index contributed by atoms with van der Waals surface area (Å²) in [5, 5.41) is 4.66. The van der Waals surface area contributed by atoms with Crippen molar-refractivity contribution in [1.29, 1.82) is 0 Å². The van der Waals surface area contributed by atoms with Gasteiger partial charge < -0.3 is 10.2 Å². The van der Waals surface area contributed by atoms with Gasteiger partial charge in [-0.3, -0.25) is 0 Å². The van der Waals surface area contributed by atoms with Gasteiger partial charge in [-0.25, -0.2) is 4.98 Å². The Morgan fingerprint density at radius 2 is 1.95 bits per heavy atom. The number of nitrogens with zero attached hydrogens (tertiary/aromatic N) is 2. The van der Waals surface area contributed by atoms with Crippen LogP contribution in [0.2, 0.25) is 0 Å². The zero-order valence-corrected chi connectivity index (χ0v) is 13.7. The fraction of sp³-hybridized carbons (Fsp3) is 0.500. The highest BCUT2D eigenvalue weighted by Crippen LogP contribution is 2.25. The number of rotatable bonds is 7. The van der Waals surface area contributed by atoms with Crippen LogP contribution in [0, 0.1) is 0 Å². The molecule has 3 nitrogen and oxygen atoms in total. The van der Waals surface area contributed by atoms with E-state index in [4.69, 9.17) is 4.98 Å². The van der Waals surface area contributed by atoms with E-state index < -0.39 is 0 Å². The molecule has 2 rings (SSSR count). The molecule has 0 spiro atoms. The summed E-state index contributed by atoms with van der Waals surface area (Å²) in [7, 11) is 0. The minimum atomic E-state index is 0.457. The van der Waals surface area contributed by atoms with Crippen LogP contribution in [0.5, 0.6) is 0 Å². The molecule has 0 saturated heterocycles. The number of fused-ring (bicyclic) bond motifs is 1. The highest BCUT2D eigenvalue weighted by atomic mass is 15.2. The number of pyridine rings is 1. The third kappa shape index (κ3) is 3.73. The van der Waals surface area contributed by atoms with Gasteiger partial charge in [0.2, 0.25) is 0 Å². The van der Waals surface area contributed by atoms with E-state index in [9.17, 15) is 0 Å². The van der Waals surface area contributed by atoms with Gasteiger partial charge >= 0.3 is 0 Å². The Bertz CT molecular complexity index is 578. The molecule has 21 heavy (non-hydrogen) atoms. The summed E-state index contributed by atoms with van der Waals surface area (Å²) < 4.78 is 0. The molecule has 3 heteroatoms. The Morgan fingerprint density at radius 1 is 1.19 bits per heavy atom. The van der Waals surface area contributed by atoms with Crippen LogP contribution in [-0.4, -0.2) is 24.1 Å². The number of hydrogen-bond acceptors (Lipinski definition) is 3. The van der Waals surface area contributed by atoms with Crippen LogP contribution in [0.3, 0.4) is 0 Å². The van der Waals surface area contributed by atoms with E-state index in [1.807, 2.05) is 0 Å². The molecule has 2 aromatic rings. The van der Waals surface area contributed by atoms with Crippen LogP contribution >= 0.6 is 0 Å². The summed E-state index contributed by atoms with van der Waals surface area (Å²) in [6.45, 7) is 11.7. The summed E-state index contributed by atoms with van der Waals surface area (Å²) >= 11 is 0. The molecule has 0 amide bonds. The second-order valence-corrected chi connectivity index (χ2v) is 5.73. The SMILES string of the molecule is CCCN(c1nc2ccccc2cc1CNCC)C(C)C. The molecule has 0 unspecified atom stereocenters. The molecule has 114 valence electrons. The molecule has 1 N–H and O–H groups in total. The van der Waals surface area contributed by atoms with Crippen molar-refractivity contribution in [3.63, 3.8) is 0 Å². The van der Waals surface area contributed by atoms with Gasteiger partial charge in [0.1, 0.15) is 5.82 Å². The van der Waals surface area contributed by atoms with Gasteiger partial charge in [0.05, 0.1) is 5.52 Å². The first-order valence-corrected chi connectivity index (χ1v) is 8.03. The number of para-hydroxylation sites is 1. The Morgan fingerprint density at radius 3 is 2.62 bits per heavy atom. The van der Waals surface area contributed by atoms with E-state index >= 15 is 0 Å². The minimum absolute atomic E-state index is 0.457. The van der Waals surface area contributed by atoms with Crippen molar-refractivity contribution in [3.8, 4) is 0 Å². The molecule has 1 heterocycles. The fourth-order valence-electron chi connectivity index (χ4n) is 2.64. The van der Waals surface area contributed by atoms with Crippen molar-refractivity contribution in [2.45, 2.75) is 46.7 Å². The number of anilines is 1. The minimum Gasteiger partial charge on any atom is -0.354 e. The van der Waals surface area contributed by atoms with Crippen LogP contribution in [-0.2, 0) is 6.54 Å². The highest BCUT2D eigenvalue weighted by Gasteiger charge is 2.16. The maximum atomic E-state index is 4.95. The lowest BCUT2D eigenvalue weighted by Gasteiger charge is -2.30. The molecule has 0 fully saturated rings. The molecule has 0 atom stereocenters. The van der Waals surface area contributed by atoms with Crippen molar-refractivity contribution in [3.05, 3.63) is 35.9 Å². The van der Waals surface area contributed by atoms with Crippen LogP contribution < -0.4 is 10.2 Å². The van der Waals surface area contributed by atoms with Gasteiger partial charge in [0.15, 0.2) is 0 Å². The van der Waals surface area contributed by atoms with E-state index in [2.05, 4.69) is 68.2 Å². The smallest absolute Gasteiger partial charge is 0.134 e. The second kappa shape index (κ2) is 7.41. The first-order valence-electron chi connectivity index (χ1n) is 8.03. The number of nitrogens with one attached hydrogen (secondary N) is 1. The summed E-state index contributed by atoms with van der Waals surface area (Å²) in [5.74, 6) is 1.13. The van der Waals surface area contributed by atoms with Gasteiger partial charge in [0.25, 0.3) is 0 Å². The van der Waals surface area contributed by atoms with Crippen LogP contribution in [0.15, 0.2) is 30.3 Å².